The van der Waals surface area contributed by atoms with Gasteiger partial charge in [0.2, 0.25) is 5.91 Å². The molecule has 1 amide bonds. The fourth-order valence-electron chi connectivity index (χ4n) is 1.44. The van der Waals surface area contributed by atoms with Crippen molar-refractivity contribution in [2.45, 2.75) is 13.3 Å². The minimum absolute atomic E-state index is 0.0420. The first-order valence-corrected chi connectivity index (χ1v) is 5.86. The molecule has 0 aliphatic carbocycles. The van der Waals surface area contributed by atoms with Gasteiger partial charge in [-0.2, -0.15) is 0 Å². The maximum atomic E-state index is 11.3. The third-order valence-corrected chi connectivity index (χ3v) is 2.43. The van der Waals surface area contributed by atoms with Crippen molar-refractivity contribution in [1.82, 2.24) is 10.6 Å². The Labute approximate surface area is 102 Å². The number of nitrogens with one attached hydrogen (secondary N) is 2. The lowest BCUT2D eigenvalue weighted by atomic mass is 10.1. The molecule has 4 nitrogen and oxygen atoms in total. The lowest BCUT2D eigenvalue weighted by Crippen LogP contribution is -2.34. The molecule has 0 fully saturated rings. The number of hydrogen-bond donors (Lipinski definition) is 2. The average Bonchev–Trinajstić information content (AvgIpc) is 2.37. The molecule has 0 atom stereocenters. The minimum atomic E-state index is 0.0420. The van der Waals surface area contributed by atoms with Crippen molar-refractivity contribution in [3.63, 3.8) is 0 Å². The fourth-order valence-corrected chi connectivity index (χ4v) is 1.44. The van der Waals surface area contributed by atoms with Crippen molar-refractivity contribution in [2.75, 3.05) is 26.7 Å². The Bertz CT molecular complexity index is 336. The van der Waals surface area contributed by atoms with E-state index in [-0.39, 0.29) is 5.91 Å². The predicted molar refractivity (Wildman–Crippen MR) is 68.3 cm³/mol. The molecule has 0 saturated carbocycles. The summed E-state index contributed by atoms with van der Waals surface area (Å²) >= 11 is 0. The van der Waals surface area contributed by atoms with Gasteiger partial charge in [0, 0.05) is 6.54 Å². The van der Waals surface area contributed by atoms with E-state index in [2.05, 4.69) is 10.6 Å². The first-order chi connectivity index (χ1) is 8.26. The number of methoxy groups -OCH3 is 1. The highest BCUT2D eigenvalue weighted by molar-refractivity contribution is 5.77. The van der Waals surface area contributed by atoms with Crippen LogP contribution in [-0.2, 0) is 11.2 Å². The lowest BCUT2D eigenvalue weighted by molar-refractivity contribution is -0.120. The summed E-state index contributed by atoms with van der Waals surface area (Å²) in [6.45, 7) is 3.84. The molecule has 0 heterocycles. The van der Waals surface area contributed by atoms with Crippen LogP contribution in [0, 0.1) is 0 Å². The molecule has 1 aromatic carbocycles. The van der Waals surface area contributed by atoms with Crippen LogP contribution >= 0.6 is 0 Å². The minimum Gasteiger partial charge on any atom is -0.497 e. The summed E-state index contributed by atoms with van der Waals surface area (Å²) in [7, 11) is 1.65. The Morgan fingerprint density at radius 3 is 2.59 bits per heavy atom. The molecule has 0 aromatic heterocycles. The van der Waals surface area contributed by atoms with Gasteiger partial charge < -0.3 is 15.4 Å². The van der Waals surface area contributed by atoms with E-state index in [1.54, 1.807) is 7.11 Å². The zero-order valence-electron chi connectivity index (χ0n) is 10.5. The summed E-state index contributed by atoms with van der Waals surface area (Å²) in [5.41, 5.74) is 1.19. The zero-order chi connectivity index (χ0) is 12.5. The van der Waals surface area contributed by atoms with E-state index >= 15 is 0 Å². The Morgan fingerprint density at radius 1 is 1.29 bits per heavy atom. The van der Waals surface area contributed by atoms with Gasteiger partial charge in [0.15, 0.2) is 0 Å². The largest absolute Gasteiger partial charge is 0.497 e. The van der Waals surface area contributed by atoms with Crippen LogP contribution in [0.4, 0.5) is 0 Å². The van der Waals surface area contributed by atoms with E-state index in [1.165, 1.54) is 5.56 Å². The Balaban J connectivity index is 2.23. The van der Waals surface area contributed by atoms with Crippen LogP contribution in [0.1, 0.15) is 12.5 Å². The molecular weight excluding hydrogens is 216 g/mol. The summed E-state index contributed by atoms with van der Waals surface area (Å²) in [6.07, 6.45) is 0.835. The van der Waals surface area contributed by atoms with Crippen molar-refractivity contribution < 1.29 is 9.53 Å². The number of benzene rings is 1. The molecule has 2 N–H and O–H groups in total. The van der Waals surface area contributed by atoms with Gasteiger partial charge in [0.25, 0.3) is 0 Å². The van der Waals surface area contributed by atoms with Gasteiger partial charge in [-0.15, -0.1) is 0 Å². The quantitative estimate of drug-likeness (QED) is 0.741. The normalized spacial score (nSPS) is 10.0. The highest BCUT2D eigenvalue weighted by atomic mass is 16.5. The van der Waals surface area contributed by atoms with Crippen LogP contribution in [0.2, 0.25) is 0 Å². The molecule has 17 heavy (non-hydrogen) atoms. The van der Waals surface area contributed by atoms with Crippen LogP contribution < -0.4 is 15.4 Å². The number of carbonyl (C=O) groups is 1. The lowest BCUT2D eigenvalue weighted by Gasteiger charge is -2.06. The molecule has 4 heteroatoms. The maximum absolute atomic E-state index is 11.3. The number of hydrogen-bond acceptors (Lipinski definition) is 3. The van der Waals surface area contributed by atoms with Crippen LogP contribution in [0.5, 0.6) is 5.75 Å². The smallest absolute Gasteiger partial charge is 0.233 e. The molecule has 94 valence electrons. The third-order valence-electron chi connectivity index (χ3n) is 2.43. The number of ether oxygens (including phenoxy) is 1. The summed E-state index contributed by atoms with van der Waals surface area (Å²) in [4.78, 5) is 11.3. The number of amides is 1. The van der Waals surface area contributed by atoms with Gasteiger partial charge in [0.1, 0.15) is 5.75 Å². The van der Waals surface area contributed by atoms with Gasteiger partial charge in [-0.05, 0) is 30.7 Å². The Kier molecular flexibility index (Phi) is 6.10. The number of likely N-dealkylation sites (N-methyl/N-ethyl adjacent to an activating group) is 1. The predicted octanol–water partition coefficient (Wildman–Crippen LogP) is 0.963. The van der Waals surface area contributed by atoms with Gasteiger partial charge in [-0.3, -0.25) is 4.79 Å². The monoisotopic (exact) mass is 236 g/mol. The van der Waals surface area contributed by atoms with Crippen LogP contribution in [0.15, 0.2) is 24.3 Å². The molecule has 0 unspecified atom stereocenters. The van der Waals surface area contributed by atoms with E-state index in [0.29, 0.717) is 13.1 Å². The van der Waals surface area contributed by atoms with Gasteiger partial charge in [-0.1, -0.05) is 19.1 Å². The molecule has 0 spiro atoms. The van der Waals surface area contributed by atoms with E-state index < -0.39 is 0 Å². The number of rotatable bonds is 7. The molecule has 0 radical (unpaired) electrons. The van der Waals surface area contributed by atoms with Crippen molar-refractivity contribution in [2.24, 2.45) is 0 Å². The molecule has 0 aliphatic heterocycles. The SMILES string of the molecule is CCNCC(=O)NCCc1ccc(OC)cc1. The number of carbonyl (C=O) groups excluding carboxylic acids is 1. The van der Waals surface area contributed by atoms with Crippen molar-refractivity contribution in [3.8, 4) is 5.75 Å². The summed E-state index contributed by atoms with van der Waals surface area (Å²) in [6, 6.07) is 7.87. The summed E-state index contributed by atoms with van der Waals surface area (Å²) < 4.78 is 5.08. The van der Waals surface area contributed by atoms with Gasteiger partial charge in [-0.25, -0.2) is 0 Å². The van der Waals surface area contributed by atoms with E-state index in [0.717, 1.165) is 18.7 Å². The first kappa shape index (κ1) is 13.5. The molecule has 0 aliphatic rings. The first-order valence-electron chi connectivity index (χ1n) is 5.86. The van der Waals surface area contributed by atoms with Crippen molar-refractivity contribution >= 4 is 5.91 Å². The molecule has 1 aromatic rings. The zero-order valence-corrected chi connectivity index (χ0v) is 10.5. The summed E-state index contributed by atoms with van der Waals surface area (Å²) in [5.74, 6) is 0.894. The van der Waals surface area contributed by atoms with Crippen molar-refractivity contribution in [1.29, 1.82) is 0 Å². The Hall–Kier alpha value is -1.55. The topological polar surface area (TPSA) is 50.4 Å². The second kappa shape index (κ2) is 7.68. The van der Waals surface area contributed by atoms with E-state index in [9.17, 15) is 4.79 Å². The van der Waals surface area contributed by atoms with E-state index in [4.69, 9.17) is 4.74 Å². The Morgan fingerprint density at radius 2 is 2.00 bits per heavy atom. The maximum Gasteiger partial charge on any atom is 0.233 e. The average molecular weight is 236 g/mol. The van der Waals surface area contributed by atoms with Crippen LogP contribution in [-0.4, -0.2) is 32.7 Å². The third kappa shape index (κ3) is 5.36. The second-order valence-corrected chi connectivity index (χ2v) is 3.73. The molecule has 0 saturated heterocycles. The summed E-state index contributed by atoms with van der Waals surface area (Å²) in [5, 5.41) is 5.85. The van der Waals surface area contributed by atoms with Gasteiger partial charge >= 0.3 is 0 Å². The molecular formula is C13H20N2O2. The highest BCUT2D eigenvalue weighted by Gasteiger charge is 1.99. The molecule has 0 bridgehead atoms. The second-order valence-electron chi connectivity index (χ2n) is 3.73. The molecule has 1 rings (SSSR count). The standard InChI is InChI=1S/C13H20N2O2/c1-3-14-10-13(16)15-9-8-11-4-6-12(17-2)7-5-11/h4-7,14H,3,8-10H2,1-2H3,(H,15,16). The van der Waals surface area contributed by atoms with Crippen LogP contribution in [0.3, 0.4) is 0 Å². The van der Waals surface area contributed by atoms with E-state index in [1.807, 2.05) is 31.2 Å². The van der Waals surface area contributed by atoms with Crippen LogP contribution in [0.25, 0.3) is 0 Å². The fraction of sp³-hybridized carbons (Fsp3) is 0.462. The van der Waals surface area contributed by atoms with Crippen molar-refractivity contribution in [3.05, 3.63) is 29.8 Å². The highest BCUT2D eigenvalue weighted by Crippen LogP contribution is 2.11. The van der Waals surface area contributed by atoms with Gasteiger partial charge in [0.05, 0.1) is 13.7 Å².